The number of hydrogen-bond donors (Lipinski definition) is 3. The second kappa shape index (κ2) is 13.9. The Balaban J connectivity index is 2.09. The number of halogens is 1. The van der Waals surface area contributed by atoms with Gasteiger partial charge in [0.05, 0.1) is 18.5 Å². The quantitative estimate of drug-likeness (QED) is 0.288. The minimum Gasteiger partial charge on any atom is -0.344 e. The third-order valence-electron chi connectivity index (χ3n) is 5.89. The SMILES string of the molecule is CCC(C)C(C=O)NC(=O)C(=O)C(C)NC(=O)[C@H](Cc1ccc(F)cc1)NC(=O)Cc1ccccc1. The highest BCUT2D eigenvalue weighted by molar-refractivity contribution is 6.38. The van der Waals surface area contributed by atoms with Crippen LogP contribution in [0.25, 0.3) is 0 Å². The molecule has 0 spiro atoms. The van der Waals surface area contributed by atoms with E-state index < -0.39 is 47.4 Å². The molecular weight excluding hydrogens is 465 g/mol. The molecule has 0 aromatic heterocycles. The molecule has 0 heterocycles. The first-order chi connectivity index (χ1) is 17.1. The summed E-state index contributed by atoms with van der Waals surface area (Å²) in [5, 5.41) is 7.52. The Labute approximate surface area is 210 Å². The van der Waals surface area contributed by atoms with Crippen molar-refractivity contribution >= 4 is 29.8 Å². The Hall–Kier alpha value is -3.88. The number of rotatable bonds is 13. The van der Waals surface area contributed by atoms with E-state index in [1.165, 1.54) is 31.2 Å². The number of nitrogens with one attached hydrogen (secondary N) is 3. The molecule has 3 amide bonds. The number of Topliss-reactive ketones (excluding diaryl/α,β-unsaturated/α-hetero) is 1. The molecule has 0 saturated carbocycles. The molecule has 8 nitrogen and oxygen atoms in total. The minimum atomic E-state index is -1.21. The summed E-state index contributed by atoms with van der Waals surface area (Å²) in [7, 11) is 0. The first kappa shape index (κ1) is 28.4. The number of carbonyl (C=O) groups is 5. The molecule has 0 radical (unpaired) electrons. The lowest BCUT2D eigenvalue weighted by atomic mass is 10.00. The lowest BCUT2D eigenvalue weighted by Gasteiger charge is -2.22. The van der Waals surface area contributed by atoms with Gasteiger partial charge in [-0.1, -0.05) is 62.7 Å². The van der Waals surface area contributed by atoms with Crippen LogP contribution in [0.4, 0.5) is 4.39 Å². The number of ketones is 1. The molecule has 2 aromatic rings. The normalized spacial score (nSPS) is 14.0. The summed E-state index contributed by atoms with van der Waals surface area (Å²) >= 11 is 0. The number of amides is 3. The molecular formula is C27H32FN3O5. The van der Waals surface area contributed by atoms with E-state index in [0.717, 1.165) is 5.56 Å². The summed E-state index contributed by atoms with van der Waals surface area (Å²) < 4.78 is 13.3. The molecule has 0 saturated heterocycles. The summed E-state index contributed by atoms with van der Waals surface area (Å²) in [5.74, 6) is -3.60. The van der Waals surface area contributed by atoms with E-state index in [4.69, 9.17) is 0 Å². The van der Waals surface area contributed by atoms with Gasteiger partial charge in [0, 0.05) is 6.42 Å². The zero-order chi connectivity index (χ0) is 26.7. The van der Waals surface area contributed by atoms with Crippen molar-refractivity contribution in [2.45, 2.75) is 58.2 Å². The Morgan fingerprint density at radius 3 is 2.11 bits per heavy atom. The topological polar surface area (TPSA) is 121 Å². The first-order valence-corrected chi connectivity index (χ1v) is 11.8. The Bertz CT molecular complexity index is 1060. The standard InChI is InChI=1S/C27H32FN3O5/c1-4-17(2)23(16-32)31-27(36)25(34)18(3)29-26(35)22(14-20-10-12-21(28)13-11-20)30-24(33)15-19-8-6-5-7-9-19/h5-13,16-18,22-23H,4,14-15H2,1-3H3,(H,29,35)(H,30,33)(H,31,36)/t17?,18?,22-,23?/m0/s1. The fraction of sp³-hybridized carbons (Fsp3) is 0.370. The van der Waals surface area contributed by atoms with Gasteiger partial charge in [-0.05, 0) is 36.1 Å². The van der Waals surface area contributed by atoms with Crippen LogP contribution in [0.2, 0.25) is 0 Å². The first-order valence-electron chi connectivity index (χ1n) is 11.8. The van der Waals surface area contributed by atoms with Crippen LogP contribution >= 0.6 is 0 Å². The zero-order valence-corrected chi connectivity index (χ0v) is 20.6. The van der Waals surface area contributed by atoms with E-state index in [-0.39, 0.29) is 18.8 Å². The molecule has 3 N–H and O–H groups in total. The molecule has 9 heteroatoms. The molecule has 2 rings (SSSR count). The van der Waals surface area contributed by atoms with Crippen LogP contribution in [0.15, 0.2) is 54.6 Å². The Kier molecular flexibility index (Phi) is 10.9. The van der Waals surface area contributed by atoms with Crippen molar-refractivity contribution in [3.63, 3.8) is 0 Å². The molecule has 36 heavy (non-hydrogen) atoms. The second-order valence-corrected chi connectivity index (χ2v) is 8.73. The second-order valence-electron chi connectivity index (χ2n) is 8.73. The largest absolute Gasteiger partial charge is 0.344 e. The molecule has 0 aliphatic rings. The van der Waals surface area contributed by atoms with Crippen LogP contribution in [0.1, 0.15) is 38.3 Å². The van der Waals surface area contributed by atoms with Gasteiger partial charge in [0.25, 0.3) is 5.91 Å². The van der Waals surface area contributed by atoms with Crippen molar-refractivity contribution in [3.05, 3.63) is 71.5 Å². The zero-order valence-electron chi connectivity index (χ0n) is 20.6. The summed E-state index contributed by atoms with van der Waals surface area (Å²) in [5.41, 5.74) is 1.35. The monoisotopic (exact) mass is 497 g/mol. The van der Waals surface area contributed by atoms with E-state index in [1.54, 1.807) is 31.2 Å². The van der Waals surface area contributed by atoms with E-state index in [0.29, 0.717) is 18.3 Å². The van der Waals surface area contributed by atoms with Crippen molar-refractivity contribution in [1.82, 2.24) is 16.0 Å². The summed E-state index contributed by atoms with van der Waals surface area (Å²) in [6.07, 6.45) is 1.27. The predicted octanol–water partition coefficient (Wildman–Crippen LogP) is 1.90. The maximum absolute atomic E-state index is 13.3. The van der Waals surface area contributed by atoms with Crippen molar-refractivity contribution in [3.8, 4) is 0 Å². The smallest absolute Gasteiger partial charge is 0.290 e. The third kappa shape index (κ3) is 8.72. The van der Waals surface area contributed by atoms with Crippen molar-refractivity contribution < 1.29 is 28.4 Å². The van der Waals surface area contributed by atoms with E-state index in [1.807, 2.05) is 13.0 Å². The van der Waals surface area contributed by atoms with E-state index >= 15 is 0 Å². The number of benzene rings is 2. The van der Waals surface area contributed by atoms with Gasteiger partial charge < -0.3 is 20.7 Å². The average Bonchev–Trinajstić information content (AvgIpc) is 2.87. The van der Waals surface area contributed by atoms with Crippen molar-refractivity contribution in [1.29, 1.82) is 0 Å². The van der Waals surface area contributed by atoms with E-state index in [9.17, 15) is 28.4 Å². The molecule has 2 aromatic carbocycles. The maximum atomic E-state index is 13.3. The van der Waals surface area contributed by atoms with E-state index in [2.05, 4.69) is 16.0 Å². The molecule has 192 valence electrons. The molecule has 0 fully saturated rings. The summed E-state index contributed by atoms with van der Waals surface area (Å²) in [6.45, 7) is 4.97. The Morgan fingerprint density at radius 2 is 1.53 bits per heavy atom. The Morgan fingerprint density at radius 1 is 0.889 bits per heavy atom. The van der Waals surface area contributed by atoms with Crippen LogP contribution in [0.3, 0.4) is 0 Å². The lowest BCUT2D eigenvalue weighted by molar-refractivity contribution is -0.141. The number of carbonyl (C=O) groups excluding carboxylic acids is 5. The molecule has 4 atom stereocenters. The average molecular weight is 498 g/mol. The van der Waals surface area contributed by atoms with Crippen LogP contribution in [-0.4, -0.2) is 47.9 Å². The van der Waals surface area contributed by atoms with Gasteiger partial charge in [-0.25, -0.2) is 4.39 Å². The number of aldehydes is 1. The van der Waals surface area contributed by atoms with Crippen LogP contribution in [-0.2, 0) is 36.8 Å². The van der Waals surface area contributed by atoms with Gasteiger partial charge in [0.2, 0.25) is 17.6 Å². The number of hydrogen-bond acceptors (Lipinski definition) is 5. The predicted molar refractivity (Wildman–Crippen MR) is 132 cm³/mol. The fourth-order valence-electron chi connectivity index (χ4n) is 3.46. The van der Waals surface area contributed by atoms with Crippen LogP contribution < -0.4 is 16.0 Å². The van der Waals surface area contributed by atoms with Gasteiger partial charge in [-0.15, -0.1) is 0 Å². The summed E-state index contributed by atoms with van der Waals surface area (Å²) in [4.78, 5) is 61.8. The van der Waals surface area contributed by atoms with Crippen LogP contribution in [0.5, 0.6) is 0 Å². The van der Waals surface area contributed by atoms with Crippen LogP contribution in [0, 0.1) is 11.7 Å². The molecule has 0 aliphatic carbocycles. The highest BCUT2D eigenvalue weighted by Gasteiger charge is 2.29. The lowest BCUT2D eigenvalue weighted by Crippen LogP contribution is -2.54. The van der Waals surface area contributed by atoms with Gasteiger partial charge in [-0.2, -0.15) is 0 Å². The fourth-order valence-corrected chi connectivity index (χ4v) is 3.46. The third-order valence-corrected chi connectivity index (χ3v) is 5.89. The molecule has 0 bridgehead atoms. The van der Waals surface area contributed by atoms with Gasteiger partial charge >= 0.3 is 0 Å². The summed E-state index contributed by atoms with van der Waals surface area (Å²) in [6, 6.07) is 11.3. The highest BCUT2D eigenvalue weighted by atomic mass is 19.1. The van der Waals surface area contributed by atoms with Crippen molar-refractivity contribution in [2.24, 2.45) is 5.92 Å². The van der Waals surface area contributed by atoms with Gasteiger partial charge in [0.15, 0.2) is 0 Å². The maximum Gasteiger partial charge on any atom is 0.290 e. The molecule has 0 aliphatic heterocycles. The minimum absolute atomic E-state index is 0.0353. The van der Waals surface area contributed by atoms with Crippen molar-refractivity contribution in [2.75, 3.05) is 0 Å². The van der Waals surface area contributed by atoms with Gasteiger partial charge in [0.1, 0.15) is 18.1 Å². The highest BCUT2D eigenvalue weighted by Crippen LogP contribution is 2.08. The molecule has 3 unspecified atom stereocenters. The van der Waals surface area contributed by atoms with Gasteiger partial charge in [-0.3, -0.25) is 19.2 Å².